The lowest BCUT2D eigenvalue weighted by atomic mass is 10.2. The highest BCUT2D eigenvalue weighted by Crippen LogP contribution is 2.19. The van der Waals surface area contributed by atoms with Gasteiger partial charge in [0.15, 0.2) is 5.89 Å². The molecule has 0 fully saturated rings. The number of nitrogens with one attached hydrogen (secondary N) is 1. The maximum absolute atomic E-state index is 12.1. The summed E-state index contributed by atoms with van der Waals surface area (Å²) >= 11 is 3.39. The van der Waals surface area contributed by atoms with Crippen molar-refractivity contribution in [2.24, 2.45) is 0 Å². The quantitative estimate of drug-likeness (QED) is 0.884. The molecule has 0 bridgehead atoms. The van der Waals surface area contributed by atoms with Gasteiger partial charge in [0.1, 0.15) is 0 Å². The number of carbonyl (C=O) groups is 1. The number of hydrogen-bond donors (Lipinski definition) is 1. The largest absolute Gasteiger partial charge is 0.436 e. The maximum atomic E-state index is 12.1. The van der Waals surface area contributed by atoms with Gasteiger partial charge in [-0.1, -0.05) is 34.1 Å². The van der Waals surface area contributed by atoms with Crippen molar-refractivity contribution >= 4 is 27.5 Å². The minimum atomic E-state index is -0.276. The van der Waals surface area contributed by atoms with E-state index in [1.165, 1.54) is 0 Å². The fraction of sp³-hybridized carbons (Fsp3) is 0.231. The highest BCUT2D eigenvalue weighted by molar-refractivity contribution is 9.08. The number of rotatable bonds is 3. The van der Waals surface area contributed by atoms with Gasteiger partial charge in [-0.25, -0.2) is 4.98 Å². The third-order valence-electron chi connectivity index (χ3n) is 2.52. The Bertz CT molecular complexity index is 578. The molecule has 0 radical (unpaired) electrons. The lowest BCUT2D eigenvalue weighted by molar-refractivity contribution is 0.0994. The average Bonchev–Trinajstić information content (AvgIpc) is 2.69. The summed E-state index contributed by atoms with van der Waals surface area (Å²) in [6, 6.07) is 7.60. The zero-order chi connectivity index (χ0) is 13.1. The number of benzene rings is 1. The third-order valence-corrected chi connectivity index (χ3v) is 3.12. The van der Waals surface area contributed by atoms with E-state index in [0.717, 1.165) is 11.3 Å². The van der Waals surface area contributed by atoms with Crippen LogP contribution >= 0.6 is 15.9 Å². The smallest absolute Gasteiger partial charge is 0.293 e. The molecule has 1 amide bonds. The number of amides is 1. The number of nitrogens with zero attached hydrogens (tertiary/aromatic N) is 1. The first-order valence-corrected chi connectivity index (χ1v) is 6.63. The SMILES string of the molecule is Cc1nc(C)c(C(=O)Nc2ccccc2CBr)o1. The van der Waals surface area contributed by atoms with Crippen molar-refractivity contribution < 1.29 is 9.21 Å². The molecule has 0 spiro atoms. The first kappa shape index (κ1) is 12.8. The van der Waals surface area contributed by atoms with Crippen LogP contribution in [0.25, 0.3) is 0 Å². The van der Waals surface area contributed by atoms with E-state index in [4.69, 9.17) is 4.42 Å². The molecule has 4 nitrogen and oxygen atoms in total. The minimum Gasteiger partial charge on any atom is -0.436 e. The van der Waals surface area contributed by atoms with E-state index >= 15 is 0 Å². The number of anilines is 1. The second-order valence-electron chi connectivity index (χ2n) is 3.89. The number of aryl methyl sites for hydroxylation is 2. The molecule has 1 N–H and O–H groups in total. The second kappa shape index (κ2) is 5.35. The van der Waals surface area contributed by atoms with Crippen LogP contribution in [0.1, 0.15) is 27.7 Å². The minimum absolute atomic E-state index is 0.261. The molecule has 94 valence electrons. The average molecular weight is 309 g/mol. The van der Waals surface area contributed by atoms with Crippen molar-refractivity contribution in [2.45, 2.75) is 19.2 Å². The molecular formula is C13H13BrN2O2. The number of para-hydroxylation sites is 1. The molecule has 2 rings (SSSR count). The van der Waals surface area contributed by atoms with Gasteiger partial charge < -0.3 is 9.73 Å². The molecule has 1 aromatic heterocycles. The lowest BCUT2D eigenvalue weighted by Crippen LogP contribution is -2.13. The molecule has 0 saturated carbocycles. The van der Waals surface area contributed by atoms with E-state index in [1.54, 1.807) is 13.8 Å². The van der Waals surface area contributed by atoms with Gasteiger partial charge in [-0.05, 0) is 18.6 Å². The third kappa shape index (κ3) is 2.61. The van der Waals surface area contributed by atoms with Gasteiger partial charge in [0.05, 0.1) is 5.69 Å². The summed E-state index contributed by atoms with van der Waals surface area (Å²) in [5.74, 6) is 0.477. The van der Waals surface area contributed by atoms with Crippen molar-refractivity contribution in [3.63, 3.8) is 0 Å². The number of carbonyl (C=O) groups excluding carboxylic acids is 1. The predicted molar refractivity (Wildman–Crippen MR) is 73.0 cm³/mol. The van der Waals surface area contributed by atoms with Crippen molar-refractivity contribution in [2.75, 3.05) is 5.32 Å². The van der Waals surface area contributed by atoms with E-state index in [9.17, 15) is 4.79 Å². The molecule has 0 aliphatic heterocycles. The zero-order valence-corrected chi connectivity index (χ0v) is 11.7. The van der Waals surface area contributed by atoms with E-state index in [0.29, 0.717) is 16.9 Å². The van der Waals surface area contributed by atoms with E-state index in [2.05, 4.69) is 26.2 Å². The van der Waals surface area contributed by atoms with Crippen LogP contribution in [0, 0.1) is 13.8 Å². The fourth-order valence-electron chi connectivity index (χ4n) is 1.68. The van der Waals surface area contributed by atoms with Crippen LogP contribution in [-0.2, 0) is 5.33 Å². The molecule has 0 atom stereocenters. The molecule has 5 heteroatoms. The molecule has 18 heavy (non-hydrogen) atoms. The maximum Gasteiger partial charge on any atom is 0.293 e. The highest BCUT2D eigenvalue weighted by atomic mass is 79.9. The molecule has 0 saturated heterocycles. The first-order valence-electron chi connectivity index (χ1n) is 5.51. The number of alkyl halides is 1. The Labute approximate surface area is 114 Å². The van der Waals surface area contributed by atoms with E-state index in [1.807, 2.05) is 24.3 Å². The summed E-state index contributed by atoms with van der Waals surface area (Å²) in [6.07, 6.45) is 0. The van der Waals surface area contributed by atoms with Crippen molar-refractivity contribution in [1.29, 1.82) is 0 Å². The van der Waals surface area contributed by atoms with Crippen LogP contribution in [0.3, 0.4) is 0 Å². The van der Waals surface area contributed by atoms with Crippen molar-refractivity contribution in [1.82, 2.24) is 4.98 Å². The van der Waals surface area contributed by atoms with Crippen LogP contribution in [0.5, 0.6) is 0 Å². The monoisotopic (exact) mass is 308 g/mol. The Kier molecular flexibility index (Phi) is 3.81. The van der Waals surface area contributed by atoms with E-state index in [-0.39, 0.29) is 11.7 Å². The van der Waals surface area contributed by atoms with Gasteiger partial charge in [-0.3, -0.25) is 4.79 Å². The molecule has 0 aliphatic rings. The Morgan fingerprint density at radius 1 is 1.39 bits per heavy atom. The first-order chi connectivity index (χ1) is 8.61. The summed E-state index contributed by atoms with van der Waals surface area (Å²) in [7, 11) is 0. The zero-order valence-electron chi connectivity index (χ0n) is 10.2. The Morgan fingerprint density at radius 3 is 2.72 bits per heavy atom. The Hall–Kier alpha value is -1.62. The topological polar surface area (TPSA) is 55.1 Å². The Balaban J connectivity index is 2.24. The molecule has 0 unspecified atom stereocenters. The summed E-state index contributed by atoms with van der Waals surface area (Å²) in [5.41, 5.74) is 2.38. The number of oxazole rings is 1. The van der Waals surface area contributed by atoms with Gasteiger partial charge in [0.25, 0.3) is 5.91 Å². The van der Waals surface area contributed by atoms with Crippen LogP contribution in [0.2, 0.25) is 0 Å². The van der Waals surface area contributed by atoms with Gasteiger partial charge in [0, 0.05) is 17.9 Å². The summed E-state index contributed by atoms with van der Waals surface area (Å²) in [4.78, 5) is 16.1. The van der Waals surface area contributed by atoms with Crippen LogP contribution < -0.4 is 5.32 Å². The molecule has 1 heterocycles. The predicted octanol–water partition coefficient (Wildman–Crippen LogP) is 3.44. The number of halogens is 1. The van der Waals surface area contributed by atoms with Gasteiger partial charge in [0.2, 0.25) is 5.76 Å². The molecule has 0 aliphatic carbocycles. The van der Waals surface area contributed by atoms with E-state index < -0.39 is 0 Å². The normalized spacial score (nSPS) is 10.4. The fourth-order valence-corrected chi connectivity index (χ4v) is 2.17. The van der Waals surface area contributed by atoms with Crippen LogP contribution in [-0.4, -0.2) is 10.9 Å². The van der Waals surface area contributed by atoms with Crippen molar-refractivity contribution in [3.05, 3.63) is 47.2 Å². The summed E-state index contributed by atoms with van der Waals surface area (Å²) in [5, 5.41) is 3.51. The number of hydrogen-bond acceptors (Lipinski definition) is 3. The lowest BCUT2D eigenvalue weighted by Gasteiger charge is -2.07. The van der Waals surface area contributed by atoms with Gasteiger partial charge >= 0.3 is 0 Å². The standard InChI is InChI=1S/C13H13BrN2O2/c1-8-12(18-9(2)15-8)13(17)16-11-6-4-3-5-10(11)7-14/h3-6H,7H2,1-2H3,(H,16,17). The summed E-state index contributed by atoms with van der Waals surface area (Å²) < 4.78 is 5.29. The van der Waals surface area contributed by atoms with Crippen LogP contribution in [0.15, 0.2) is 28.7 Å². The summed E-state index contributed by atoms with van der Waals surface area (Å²) in [6.45, 7) is 3.47. The van der Waals surface area contributed by atoms with Crippen molar-refractivity contribution in [3.8, 4) is 0 Å². The number of aromatic nitrogens is 1. The van der Waals surface area contributed by atoms with Gasteiger partial charge in [-0.2, -0.15) is 0 Å². The highest BCUT2D eigenvalue weighted by Gasteiger charge is 2.16. The Morgan fingerprint density at radius 2 is 2.11 bits per heavy atom. The molecule has 1 aromatic carbocycles. The molecule has 2 aromatic rings. The van der Waals surface area contributed by atoms with Gasteiger partial charge in [-0.15, -0.1) is 0 Å². The van der Waals surface area contributed by atoms with Crippen LogP contribution in [0.4, 0.5) is 5.69 Å². The second-order valence-corrected chi connectivity index (χ2v) is 4.45. The molecular weight excluding hydrogens is 296 g/mol.